The molecule has 0 heterocycles. The molecule has 0 atom stereocenters. The van der Waals surface area contributed by atoms with E-state index in [0.29, 0.717) is 5.75 Å². The fourth-order valence-electron chi connectivity index (χ4n) is 2.75. The van der Waals surface area contributed by atoms with Gasteiger partial charge in [-0.2, -0.15) is 0 Å². The van der Waals surface area contributed by atoms with Crippen LogP contribution in [0.25, 0.3) is 22.3 Å². The van der Waals surface area contributed by atoms with E-state index in [2.05, 4.69) is 15.9 Å². The van der Waals surface area contributed by atoms with Gasteiger partial charge in [0.15, 0.2) is 0 Å². The van der Waals surface area contributed by atoms with Crippen LogP contribution in [0.3, 0.4) is 0 Å². The van der Waals surface area contributed by atoms with Gasteiger partial charge in [-0.3, -0.25) is 0 Å². The Morgan fingerprint density at radius 1 is 0.920 bits per heavy atom. The topological polar surface area (TPSA) is 49.7 Å². The Morgan fingerprint density at radius 3 is 2.24 bits per heavy atom. The van der Waals surface area contributed by atoms with Crippen molar-refractivity contribution in [2.75, 3.05) is 7.11 Å². The second-order valence-electron chi connectivity index (χ2n) is 5.67. The van der Waals surface area contributed by atoms with Crippen LogP contribution in [0.2, 0.25) is 5.02 Å². The van der Waals surface area contributed by atoms with Crippen molar-refractivity contribution in [2.24, 2.45) is 0 Å². The van der Waals surface area contributed by atoms with E-state index in [1.165, 1.54) is 0 Å². The molecule has 0 amide bonds. The largest absolute Gasteiger partial charge is 0.508 e. The Labute approximate surface area is 159 Å². The monoisotopic (exact) mass is 418 g/mol. The number of aromatic hydroxyl groups is 2. The third-order valence-corrected chi connectivity index (χ3v) is 5.02. The van der Waals surface area contributed by atoms with Crippen molar-refractivity contribution in [1.82, 2.24) is 0 Å². The lowest BCUT2D eigenvalue weighted by Gasteiger charge is -2.17. The quantitative estimate of drug-likeness (QED) is 0.534. The summed E-state index contributed by atoms with van der Waals surface area (Å²) < 4.78 is 6.59. The summed E-state index contributed by atoms with van der Waals surface area (Å²) >= 11 is 9.65. The van der Waals surface area contributed by atoms with E-state index in [9.17, 15) is 10.2 Å². The normalized spacial score (nSPS) is 10.7. The van der Waals surface area contributed by atoms with Gasteiger partial charge in [-0.05, 0) is 60.0 Å². The van der Waals surface area contributed by atoms with Crippen LogP contribution in [-0.4, -0.2) is 17.3 Å². The van der Waals surface area contributed by atoms with Crippen molar-refractivity contribution >= 4 is 27.5 Å². The van der Waals surface area contributed by atoms with Crippen molar-refractivity contribution in [3.63, 3.8) is 0 Å². The minimum absolute atomic E-state index is 0.0379. The standard InChI is InChI=1S/C20H16BrClO3/c1-11-9-13(4-7-17(11)23)19-15(21)6-5-14(20(19)25-2)12-3-8-18(24)16(22)10-12/h3-10,23-24H,1-2H3. The van der Waals surface area contributed by atoms with Crippen LogP contribution in [0.1, 0.15) is 5.56 Å². The summed E-state index contributed by atoms with van der Waals surface area (Å²) in [7, 11) is 1.62. The van der Waals surface area contributed by atoms with E-state index in [-0.39, 0.29) is 16.5 Å². The minimum atomic E-state index is 0.0379. The number of aryl methyl sites for hydroxylation is 1. The highest BCUT2D eigenvalue weighted by Gasteiger charge is 2.17. The first-order chi connectivity index (χ1) is 11.9. The second-order valence-corrected chi connectivity index (χ2v) is 6.93. The average molecular weight is 420 g/mol. The molecule has 0 aliphatic rings. The lowest BCUT2D eigenvalue weighted by molar-refractivity contribution is 0.418. The first-order valence-corrected chi connectivity index (χ1v) is 8.75. The number of phenols is 2. The van der Waals surface area contributed by atoms with Crippen molar-refractivity contribution in [3.8, 4) is 39.5 Å². The lowest BCUT2D eigenvalue weighted by atomic mass is 9.96. The molecule has 3 nitrogen and oxygen atoms in total. The molecule has 25 heavy (non-hydrogen) atoms. The number of hydrogen-bond donors (Lipinski definition) is 2. The zero-order chi connectivity index (χ0) is 18.1. The fourth-order valence-corrected chi connectivity index (χ4v) is 3.47. The maximum Gasteiger partial charge on any atom is 0.135 e. The lowest BCUT2D eigenvalue weighted by Crippen LogP contribution is -1.94. The van der Waals surface area contributed by atoms with Crippen LogP contribution in [0.15, 0.2) is 53.0 Å². The zero-order valence-corrected chi connectivity index (χ0v) is 16.0. The number of rotatable bonds is 3. The summed E-state index contributed by atoms with van der Waals surface area (Å²) in [6, 6.07) is 14.3. The molecule has 0 spiro atoms. The smallest absolute Gasteiger partial charge is 0.135 e. The van der Waals surface area contributed by atoms with E-state index < -0.39 is 0 Å². The second kappa shape index (κ2) is 6.98. The van der Waals surface area contributed by atoms with Crippen LogP contribution in [-0.2, 0) is 0 Å². The molecular formula is C20H16BrClO3. The highest BCUT2D eigenvalue weighted by molar-refractivity contribution is 9.10. The van der Waals surface area contributed by atoms with Crippen LogP contribution in [0, 0.1) is 6.92 Å². The first-order valence-electron chi connectivity index (χ1n) is 7.57. The van der Waals surface area contributed by atoms with Crippen LogP contribution < -0.4 is 4.74 Å². The predicted octanol–water partition coefficient (Wildman–Crippen LogP) is 6.16. The summed E-state index contributed by atoms with van der Waals surface area (Å²) in [5.74, 6) is 0.970. The Bertz CT molecular complexity index is 954. The van der Waals surface area contributed by atoms with Gasteiger partial charge in [0.2, 0.25) is 0 Å². The number of halogens is 2. The Balaban J connectivity index is 2.25. The number of ether oxygens (including phenoxy) is 1. The summed E-state index contributed by atoms with van der Waals surface area (Å²) in [5, 5.41) is 19.7. The molecule has 0 unspecified atom stereocenters. The third kappa shape index (κ3) is 3.32. The zero-order valence-electron chi connectivity index (χ0n) is 13.7. The molecule has 0 aliphatic heterocycles. The molecule has 0 saturated heterocycles. The highest BCUT2D eigenvalue weighted by Crippen LogP contribution is 2.45. The summed E-state index contributed by atoms with van der Waals surface area (Å²) in [6.45, 7) is 1.85. The predicted molar refractivity (Wildman–Crippen MR) is 105 cm³/mol. The molecule has 3 aromatic rings. The summed E-state index contributed by atoms with van der Waals surface area (Å²) in [6.07, 6.45) is 0. The van der Waals surface area contributed by atoms with Gasteiger partial charge in [0, 0.05) is 15.6 Å². The van der Waals surface area contributed by atoms with Gasteiger partial charge in [-0.25, -0.2) is 0 Å². The first kappa shape index (κ1) is 17.6. The molecule has 5 heteroatoms. The van der Waals surface area contributed by atoms with Gasteiger partial charge in [0.1, 0.15) is 17.2 Å². The molecule has 2 N–H and O–H groups in total. The number of phenolic OH excluding ortho intramolecular Hbond substituents is 2. The van der Waals surface area contributed by atoms with Gasteiger partial charge >= 0.3 is 0 Å². The molecule has 0 aromatic heterocycles. The van der Waals surface area contributed by atoms with Gasteiger partial charge < -0.3 is 14.9 Å². The molecule has 3 aromatic carbocycles. The van der Waals surface area contributed by atoms with E-state index in [0.717, 1.165) is 32.3 Å². The Morgan fingerprint density at radius 2 is 1.60 bits per heavy atom. The minimum Gasteiger partial charge on any atom is -0.508 e. The summed E-state index contributed by atoms with van der Waals surface area (Å²) in [4.78, 5) is 0. The SMILES string of the molecule is COc1c(-c2ccc(O)c(Cl)c2)ccc(Br)c1-c1ccc(O)c(C)c1. The van der Waals surface area contributed by atoms with Crippen LogP contribution >= 0.6 is 27.5 Å². The van der Waals surface area contributed by atoms with E-state index >= 15 is 0 Å². The Hall–Kier alpha value is -2.17. The maximum atomic E-state index is 9.79. The summed E-state index contributed by atoms with van der Waals surface area (Å²) in [5.41, 5.74) is 4.28. The molecule has 3 rings (SSSR count). The van der Waals surface area contributed by atoms with Gasteiger partial charge in [0.25, 0.3) is 0 Å². The van der Waals surface area contributed by atoms with E-state index in [1.54, 1.807) is 31.4 Å². The van der Waals surface area contributed by atoms with Gasteiger partial charge in [-0.15, -0.1) is 0 Å². The number of benzene rings is 3. The van der Waals surface area contributed by atoms with Crippen molar-refractivity contribution < 1.29 is 14.9 Å². The number of hydrogen-bond acceptors (Lipinski definition) is 3. The molecule has 0 aliphatic carbocycles. The van der Waals surface area contributed by atoms with Gasteiger partial charge in [0.05, 0.1) is 12.1 Å². The molecule has 0 bridgehead atoms. The highest BCUT2D eigenvalue weighted by atomic mass is 79.9. The van der Waals surface area contributed by atoms with Gasteiger partial charge in [-0.1, -0.05) is 39.7 Å². The molecule has 128 valence electrons. The molecule has 0 fully saturated rings. The molecule has 0 saturated carbocycles. The van der Waals surface area contributed by atoms with Crippen molar-refractivity contribution in [2.45, 2.75) is 6.92 Å². The van der Waals surface area contributed by atoms with Crippen molar-refractivity contribution in [3.05, 3.63) is 63.6 Å². The van der Waals surface area contributed by atoms with E-state index in [1.807, 2.05) is 31.2 Å². The van der Waals surface area contributed by atoms with Crippen LogP contribution in [0.5, 0.6) is 17.2 Å². The van der Waals surface area contributed by atoms with Crippen molar-refractivity contribution in [1.29, 1.82) is 0 Å². The average Bonchev–Trinajstić information content (AvgIpc) is 2.59. The van der Waals surface area contributed by atoms with Crippen LogP contribution in [0.4, 0.5) is 0 Å². The Kier molecular flexibility index (Phi) is 4.93. The van der Waals surface area contributed by atoms with E-state index in [4.69, 9.17) is 16.3 Å². The molecule has 0 radical (unpaired) electrons. The number of methoxy groups -OCH3 is 1. The third-order valence-electron chi connectivity index (χ3n) is 4.06. The molecular weight excluding hydrogens is 404 g/mol. The maximum absolute atomic E-state index is 9.79. The fraction of sp³-hybridized carbons (Fsp3) is 0.100.